The molecule has 104 valence electrons. The molecule has 1 fully saturated rings. The summed E-state index contributed by atoms with van der Waals surface area (Å²) in [4.78, 5) is 21.2. The van der Waals surface area contributed by atoms with Crippen molar-refractivity contribution in [3.05, 3.63) is 11.2 Å². The summed E-state index contributed by atoms with van der Waals surface area (Å²) in [7, 11) is 1.34. The number of amides is 1. The second-order valence-corrected chi connectivity index (χ2v) is 4.48. The van der Waals surface area contributed by atoms with E-state index in [2.05, 4.69) is 25.4 Å². The predicted molar refractivity (Wildman–Crippen MR) is 71.0 cm³/mol. The lowest BCUT2D eigenvalue weighted by Gasteiger charge is -2.19. The van der Waals surface area contributed by atoms with Gasteiger partial charge in [-0.05, 0) is 6.42 Å². The number of nitrogens with two attached hydrogens (primary N) is 1. The number of methoxy groups -OCH3 is 1. The molecule has 1 unspecified atom stereocenters. The van der Waals surface area contributed by atoms with E-state index in [0.29, 0.717) is 23.3 Å². The van der Waals surface area contributed by atoms with E-state index in [0.717, 1.165) is 13.0 Å². The van der Waals surface area contributed by atoms with Crippen molar-refractivity contribution in [3.8, 4) is 0 Å². The zero-order chi connectivity index (χ0) is 13.8. The van der Waals surface area contributed by atoms with Gasteiger partial charge in [-0.3, -0.25) is 5.43 Å². The number of nitrogen functional groups attached to an aromatic ring is 1. The summed E-state index contributed by atoms with van der Waals surface area (Å²) >= 11 is 6.07. The number of aromatic nitrogens is 2. The molecule has 0 saturated carbocycles. The molecular formula is C10H15ClN6O2. The van der Waals surface area contributed by atoms with Gasteiger partial charge >= 0.3 is 6.09 Å². The van der Waals surface area contributed by atoms with Crippen LogP contribution in [0, 0.1) is 0 Å². The highest BCUT2D eigenvalue weighted by Crippen LogP contribution is 2.26. The zero-order valence-corrected chi connectivity index (χ0v) is 11.1. The number of anilines is 2. The van der Waals surface area contributed by atoms with Crippen LogP contribution in [0.15, 0.2) is 6.20 Å². The quantitative estimate of drug-likeness (QED) is 0.544. The maximum absolute atomic E-state index is 11.1. The van der Waals surface area contributed by atoms with Crippen molar-refractivity contribution in [2.45, 2.75) is 12.5 Å². The van der Waals surface area contributed by atoms with Crippen LogP contribution < -0.4 is 21.5 Å². The summed E-state index contributed by atoms with van der Waals surface area (Å²) in [5.74, 6) is 6.16. The molecule has 0 bridgehead atoms. The Morgan fingerprint density at radius 1 is 1.68 bits per heavy atom. The van der Waals surface area contributed by atoms with Gasteiger partial charge in [0, 0.05) is 13.1 Å². The van der Waals surface area contributed by atoms with Crippen molar-refractivity contribution < 1.29 is 9.53 Å². The average molecular weight is 287 g/mol. The number of carbonyl (C=O) groups excluding carboxylic acids is 1. The fourth-order valence-electron chi connectivity index (χ4n) is 1.95. The number of carbonyl (C=O) groups is 1. The van der Waals surface area contributed by atoms with E-state index in [4.69, 9.17) is 17.4 Å². The maximum Gasteiger partial charge on any atom is 0.407 e. The van der Waals surface area contributed by atoms with E-state index in [1.807, 2.05) is 4.90 Å². The molecule has 1 aromatic heterocycles. The fraction of sp³-hybridized carbons (Fsp3) is 0.500. The van der Waals surface area contributed by atoms with Gasteiger partial charge in [0.25, 0.3) is 0 Å². The molecule has 9 heteroatoms. The third kappa shape index (κ3) is 3.15. The van der Waals surface area contributed by atoms with Crippen LogP contribution in [0.5, 0.6) is 0 Å². The molecule has 8 nitrogen and oxygen atoms in total. The topological polar surface area (TPSA) is 105 Å². The Morgan fingerprint density at radius 3 is 3.16 bits per heavy atom. The monoisotopic (exact) mass is 286 g/mol. The number of halogens is 1. The molecule has 1 aromatic rings. The van der Waals surface area contributed by atoms with E-state index in [1.54, 1.807) is 0 Å². The third-order valence-corrected chi connectivity index (χ3v) is 3.12. The average Bonchev–Trinajstić information content (AvgIpc) is 2.87. The number of hydrazine groups is 1. The van der Waals surface area contributed by atoms with Crippen LogP contribution in [0.25, 0.3) is 0 Å². The van der Waals surface area contributed by atoms with Crippen LogP contribution in [-0.4, -0.2) is 42.3 Å². The number of hydrogen-bond acceptors (Lipinski definition) is 7. The van der Waals surface area contributed by atoms with E-state index in [1.165, 1.54) is 13.3 Å². The van der Waals surface area contributed by atoms with Gasteiger partial charge in [-0.15, -0.1) is 0 Å². The number of alkyl carbamates (subject to hydrolysis) is 1. The Hall–Kier alpha value is -1.80. The molecule has 2 rings (SSSR count). The highest BCUT2D eigenvalue weighted by Gasteiger charge is 2.26. The first-order valence-electron chi connectivity index (χ1n) is 5.72. The number of ether oxygens (including phenoxy) is 1. The van der Waals surface area contributed by atoms with Crippen molar-refractivity contribution in [1.82, 2.24) is 15.3 Å². The molecule has 19 heavy (non-hydrogen) atoms. The predicted octanol–water partition coefficient (Wildman–Crippen LogP) is 0.350. The van der Waals surface area contributed by atoms with Crippen molar-refractivity contribution in [2.24, 2.45) is 5.84 Å². The minimum Gasteiger partial charge on any atom is -0.453 e. The zero-order valence-electron chi connectivity index (χ0n) is 10.4. The van der Waals surface area contributed by atoms with Crippen molar-refractivity contribution in [2.75, 3.05) is 30.5 Å². The van der Waals surface area contributed by atoms with Gasteiger partial charge in [-0.2, -0.15) is 4.98 Å². The van der Waals surface area contributed by atoms with E-state index < -0.39 is 6.09 Å². The molecule has 0 aliphatic carbocycles. The largest absolute Gasteiger partial charge is 0.453 e. The summed E-state index contributed by atoms with van der Waals surface area (Å²) in [5, 5.41) is 3.19. The van der Waals surface area contributed by atoms with Crippen LogP contribution in [-0.2, 0) is 4.74 Å². The number of rotatable bonds is 3. The minimum atomic E-state index is -0.440. The lowest BCUT2D eigenvalue weighted by atomic mass is 10.3. The Labute approximate surface area is 115 Å². The Kier molecular flexibility index (Phi) is 4.23. The Morgan fingerprint density at radius 2 is 2.47 bits per heavy atom. The van der Waals surface area contributed by atoms with Crippen LogP contribution in [0.4, 0.5) is 16.6 Å². The minimum absolute atomic E-state index is 0.00719. The van der Waals surface area contributed by atoms with Crippen LogP contribution in [0.2, 0.25) is 5.02 Å². The lowest BCUT2D eigenvalue weighted by Crippen LogP contribution is -2.37. The molecule has 2 heterocycles. The number of hydrogen-bond donors (Lipinski definition) is 3. The van der Waals surface area contributed by atoms with Gasteiger partial charge in [0.1, 0.15) is 5.02 Å². The molecule has 1 atom stereocenters. The van der Waals surface area contributed by atoms with Gasteiger partial charge < -0.3 is 15.0 Å². The summed E-state index contributed by atoms with van der Waals surface area (Å²) in [5.41, 5.74) is 2.37. The Bertz CT molecular complexity index is 471. The first-order chi connectivity index (χ1) is 9.13. The highest BCUT2D eigenvalue weighted by molar-refractivity contribution is 6.32. The molecule has 1 saturated heterocycles. The molecule has 0 aromatic carbocycles. The molecule has 0 spiro atoms. The maximum atomic E-state index is 11.1. The van der Waals surface area contributed by atoms with E-state index >= 15 is 0 Å². The van der Waals surface area contributed by atoms with E-state index in [-0.39, 0.29) is 6.04 Å². The van der Waals surface area contributed by atoms with Crippen molar-refractivity contribution in [3.63, 3.8) is 0 Å². The van der Waals surface area contributed by atoms with Crippen molar-refractivity contribution >= 4 is 29.5 Å². The number of nitrogens with zero attached hydrogens (tertiary/aromatic N) is 3. The standard InChI is InChI=1S/C10H15ClN6O2/c1-19-10(18)14-6-2-3-17(5-6)8-7(11)4-13-9(15-8)16-12/h4,6H,2-3,5,12H2,1H3,(H,14,18)(H,13,15,16). The van der Waals surface area contributed by atoms with Gasteiger partial charge in [0.05, 0.1) is 19.3 Å². The van der Waals surface area contributed by atoms with Crippen LogP contribution in [0.3, 0.4) is 0 Å². The summed E-state index contributed by atoms with van der Waals surface area (Å²) in [6.07, 6.45) is 1.84. The summed E-state index contributed by atoms with van der Waals surface area (Å²) < 4.78 is 4.57. The first-order valence-corrected chi connectivity index (χ1v) is 6.10. The smallest absolute Gasteiger partial charge is 0.407 e. The van der Waals surface area contributed by atoms with Crippen LogP contribution >= 0.6 is 11.6 Å². The Balaban J connectivity index is 2.06. The van der Waals surface area contributed by atoms with Gasteiger partial charge in [0.15, 0.2) is 5.82 Å². The number of nitrogens with one attached hydrogen (secondary N) is 2. The summed E-state index contributed by atoms with van der Waals surface area (Å²) in [6.45, 7) is 1.34. The lowest BCUT2D eigenvalue weighted by molar-refractivity contribution is 0.167. The molecule has 0 radical (unpaired) electrons. The molecule has 1 aliphatic rings. The van der Waals surface area contributed by atoms with Gasteiger partial charge in [-0.1, -0.05) is 11.6 Å². The third-order valence-electron chi connectivity index (χ3n) is 2.85. The van der Waals surface area contributed by atoms with Crippen LogP contribution in [0.1, 0.15) is 6.42 Å². The fourth-order valence-corrected chi connectivity index (χ4v) is 2.16. The van der Waals surface area contributed by atoms with Crippen molar-refractivity contribution in [1.29, 1.82) is 0 Å². The molecule has 1 aliphatic heterocycles. The summed E-state index contributed by atoms with van der Waals surface area (Å²) in [6, 6.07) is 0.00719. The first kappa shape index (κ1) is 13.6. The normalized spacial score (nSPS) is 18.3. The molecule has 4 N–H and O–H groups in total. The van der Waals surface area contributed by atoms with Gasteiger partial charge in [0.2, 0.25) is 5.95 Å². The van der Waals surface area contributed by atoms with Gasteiger partial charge in [-0.25, -0.2) is 15.6 Å². The molecule has 1 amide bonds. The highest BCUT2D eigenvalue weighted by atomic mass is 35.5. The second kappa shape index (κ2) is 5.89. The van der Waals surface area contributed by atoms with E-state index in [9.17, 15) is 4.79 Å². The molecular weight excluding hydrogens is 272 g/mol. The second-order valence-electron chi connectivity index (χ2n) is 4.08. The SMILES string of the molecule is COC(=O)NC1CCN(c2nc(NN)ncc2Cl)C1.